The molecule has 0 aliphatic rings. The van der Waals surface area contributed by atoms with Crippen LogP contribution in [0, 0.1) is 12.7 Å². The standard InChI is InChI=1S/C28H22ClFN4O3/c1-17-32-33-27-25(12-19(15-34(17)27)23-13-20(30)8-11-26(23)36-2)31-28(35)22-10-9-21(14-24(22)29)37-16-18-6-4-3-5-7-18/h3-15H,16H2,1-2H3,(H,31,35). The molecule has 1 amide bonds. The van der Waals surface area contributed by atoms with E-state index in [1.807, 2.05) is 30.3 Å². The van der Waals surface area contributed by atoms with E-state index in [2.05, 4.69) is 15.5 Å². The molecule has 37 heavy (non-hydrogen) atoms. The molecule has 3 aromatic carbocycles. The number of aryl methyl sites for hydroxylation is 1. The Morgan fingerprint density at radius 2 is 1.86 bits per heavy atom. The second-order valence-corrected chi connectivity index (χ2v) is 8.71. The number of benzene rings is 3. The van der Waals surface area contributed by atoms with Crippen LogP contribution < -0.4 is 14.8 Å². The third-order valence-electron chi connectivity index (χ3n) is 5.83. The summed E-state index contributed by atoms with van der Waals surface area (Å²) in [5, 5.41) is 11.4. The Hall–Kier alpha value is -4.43. The molecule has 0 radical (unpaired) electrons. The largest absolute Gasteiger partial charge is 0.496 e. The average molecular weight is 517 g/mol. The van der Waals surface area contributed by atoms with Gasteiger partial charge in [0.05, 0.1) is 23.4 Å². The number of aromatic nitrogens is 3. The van der Waals surface area contributed by atoms with Crippen molar-refractivity contribution < 1.29 is 18.7 Å². The first-order valence-corrected chi connectivity index (χ1v) is 11.8. The number of nitrogens with one attached hydrogen (secondary N) is 1. The Bertz CT molecular complexity index is 1600. The van der Waals surface area contributed by atoms with Crippen LogP contribution in [0.4, 0.5) is 10.1 Å². The van der Waals surface area contributed by atoms with E-state index >= 15 is 0 Å². The molecule has 0 unspecified atom stereocenters. The van der Waals surface area contributed by atoms with Crippen molar-refractivity contribution >= 4 is 28.8 Å². The number of pyridine rings is 1. The first-order valence-electron chi connectivity index (χ1n) is 11.4. The number of nitrogens with zero attached hydrogens (tertiary/aromatic N) is 3. The quantitative estimate of drug-likeness (QED) is 0.273. The van der Waals surface area contributed by atoms with Crippen molar-refractivity contribution in [2.75, 3.05) is 12.4 Å². The van der Waals surface area contributed by atoms with E-state index < -0.39 is 11.7 Å². The maximum atomic E-state index is 14.1. The number of rotatable bonds is 7. The van der Waals surface area contributed by atoms with E-state index in [0.717, 1.165) is 5.56 Å². The summed E-state index contributed by atoms with van der Waals surface area (Å²) in [6.07, 6.45) is 1.77. The predicted molar refractivity (Wildman–Crippen MR) is 140 cm³/mol. The van der Waals surface area contributed by atoms with Gasteiger partial charge in [-0.1, -0.05) is 41.9 Å². The molecule has 2 heterocycles. The molecule has 7 nitrogen and oxygen atoms in total. The monoisotopic (exact) mass is 516 g/mol. The molecule has 186 valence electrons. The number of hydrogen-bond acceptors (Lipinski definition) is 5. The molecule has 0 spiro atoms. The fourth-order valence-electron chi connectivity index (χ4n) is 3.95. The minimum atomic E-state index is -0.439. The van der Waals surface area contributed by atoms with E-state index in [1.54, 1.807) is 47.9 Å². The van der Waals surface area contributed by atoms with Gasteiger partial charge in [0.2, 0.25) is 0 Å². The van der Waals surface area contributed by atoms with Gasteiger partial charge in [-0.3, -0.25) is 9.20 Å². The van der Waals surface area contributed by atoms with Crippen LogP contribution in [0.3, 0.4) is 0 Å². The van der Waals surface area contributed by atoms with Crippen LogP contribution in [-0.4, -0.2) is 27.6 Å². The third kappa shape index (κ3) is 5.10. The van der Waals surface area contributed by atoms with Gasteiger partial charge in [-0.15, -0.1) is 10.2 Å². The lowest BCUT2D eigenvalue weighted by atomic mass is 10.1. The molecular weight excluding hydrogens is 495 g/mol. The zero-order chi connectivity index (χ0) is 25.9. The van der Waals surface area contributed by atoms with Crippen LogP contribution in [-0.2, 0) is 6.61 Å². The summed E-state index contributed by atoms with van der Waals surface area (Å²) in [4.78, 5) is 13.2. The number of anilines is 1. The summed E-state index contributed by atoms with van der Waals surface area (Å²) in [5.74, 6) is 0.772. The van der Waals surface area contributed by atoms with Gasteiger partial charge in [0.15, 0.2) is 5.65 Å². The summed E-state index contributed by atoms with van der Waals surface area (Å²) < 4.78 is 27.0. The van der Waals surface area contributed by atoms with Crippen LogP contribution in [0.25, 0.3) is 16.8 Å². The summed E-state index contributed by atoms with van der Waals surface area (Å²) in [6.45, 7) is 2.16. The molecule has 0 bridgehead atoms. The highest BCUT2D eigenvalue weighted by Gasteiger charge is 2.18. The molecule has 5 aromatic rings. The number of carbonyl (C=O) groups is 1. The number of fused-ring (bicyclic) bond motifs is 1. The summed E-state index contributed by atoms with van der Waals surface area (Å²) in [6, 6.07) is 20.6. The highest BCUT2D eigenvalue weighted by Crippen LogP contribution is 2.34. The number of carbonyl (C=O) groups excluding carboxylic acids is 1. The van der Waals surface area contributed by atoms with Crippen molar-refractivity contribution in [1.29, 1.82) is 0 Å². The van der Waals surface area contributed by atoms with Crippen molar-refractivity contribution in [3.05, 3.63) is 107 Å². The first-order chi connectivity index (χ1) is 17.9. The van der Waals surface area contributed by atoms with E-state index in [0.29, 0.717) is 46.4 Å². The highest BCUT2D eigenvalue weighted by atomic mass is 35.5. The van der Waals surface area contributed by atoms with Crippen LogP contribution in [0.5, 0.6) is 11.5 Å². The molecule has 9 heteroatoms. The van der Waals surface area contributed by atoms with Crippen molar-refractivity contribution in [3.8, 4) is 22.6 Å². The third-order valence-corrected chi connectivity index (χ3v) is 6.14. The smallest absolute Gasteiger partial charge is 0.257 e. The summed E-state index contributed by atoms with van der Waals surface area (Å²) in [5.41, 5.74) is 3.22. The molecule has 0 saturated heterocycles. The SMILES string of the molecule is COc1ccc(F)cc1-c1cc(NC(=O)c2ccc(OCc3ccccc3)cc2Cl)c2nnc(C)n2c1. The topological polar surface area (TPSA) is 77.8 Å². The van der Waals surface area contributed by atoms with Gasteiger partial charge in [-0.2, -0.15) is 0 Å². The second-order valence-electron chi connectivity index (χ2n) is 8.30. The first kappa shape index (κ1) is 24.3. The predicted octanol–water partition coefficient (Wildman–Crippen LogP) is 6.34. The van der Waals surface area contributed by atoms with Gasteiger partial charge in [0.1, 0.15) is 29.7 Å². The Balaban J connectivity index is 1.44. The van der Waals surface area contributed by atoms with Crippen molar-refractivity contribution in [2.24, 2.45) is 0 Å². The molecular formula is C28H22ClFN4O3. The number of amides is 1. The van der Waals surface area contributed by atoms with Crippen LogP contribution in [0.1, 0.15) is 21.7 Å². The lowest BCUT2D eigenvalue weighted by molar-refractivity contribution is 0.102. The average Bonchev–Trinajstić information content (AvgIpc) is 3.28. The Morgan fingerprint density at radius 1 is 1.05 bits per heavy atom. The summed E-state index contributed by atoms with van der Waals surface area (Å²) in [7, 11) is 1.51. The number of hydrogen-bond donors (Lipinski definition) is 1. The van der Waals surface area contributed by atoms with Gasteiger partial charge in [-0.05, 0) is 55.0 Å². The van der Waals surface area contributed by atoms with Crippen molar-refractivity contribution in [1.82, 2.24) is 14.6 Å². The summed E-state index contributed by atoms with van der Waals surface area (Å²) >= 11 is 6.45. The minimum absolute atomic E-state index is 0.236. The van der Waals surface area contributed by atoms with Crippen molar-refractivity contribution in [2.45, 2.75) is 13.5 Å². The van der Waals surface area contributed by atoms with Gasteiger partial charge in [0, 0.05) is 17.3 Å². The lowest BCUT2D eigenvalue weighted by Crippen LogP contribution is -2.14. The molecule has 0 aliphatic heterocycles. The number of methoxy groups -OCH3 is 1. The van der Waals surface area contributed by atoms with E-state index in [1.165, 1.54) is 19.2 Å². The zero-order valence-electron chi connectivity index (χ0n) is 20.0. The normalized spacial score (nSPS) is 10.9. The van der Waals surface area contributed by atoms with Gasteiger partial charge in [0.25, 0.3) is 5.91 Å². The van der Waals surface area contributed by atoms with E-state index in [-0.39, 0.29) is 10.6 Å². The Kier molecular flexibility index (Phi) is 6.74. The fourth-order valence-corrected chi connectivity index (χ4v) is 4.21. The maximum absolute atomic E-state index is 14.1. The molecule has 0 saturated carbocycles. The zero-order valence-corrected chi connectivity index (χ0v) is 20.8. The Labute approximate surface area is 217 Å². The number of halogens is 2. The van der Waals surface area contributed by atoms with Crippen molar-refractivity contribution in [3.63, 3.8) is 0 Å². The lowest BCUT2D eigenvalue weighted by Gasteiger charge is -2.13. The van der Waals surface area contributed by atoms with Gasteiger partial charge < -0.3 is 14.8 Å². The number of ether oxygens (including phenoxy) is 2. The molecule has 0 fully saturated rings. The van der Waals surface area contributed by atoms with Crippen LogP contribution >= 0.6 is 11.6 Å². The van der Waals surface area contributed by atoms with Gasteiger partial charge in [-0.25, -0.2) is 4.39 Å². The minimum Gasteiger partial charge on any atom is -0.496 e. The molecule has 5 rings (SSSR count). The molecule has 0 atom stereocenters. The Morgan fingerprint density at radius 3 is 2.62 bits per heavy atom. The highest BCUT2D eigenvalue weighted by molar-refractivity contribution is 6.34. The fraction of sp³-hybridized carbons (Fsp3) is 0.107. The molecule has 1 N–H and O–H groups in total. The van der Waals surface area contributed by atoms with E-state index in [9.17, 15) is 9.18 Å². The van der Waals surface area contributed by atoms with Crippen LogP contribution in [0.15, 0.2) is 79.0 Å². The maximum Gasteiger partial charge on any atom is 0.257 e. The van der Waals surface area contributed by atoms with Crippen LogP contribution in [0.2, 0.25) is 5.02 Å². The van der Waals surface area contributed by atoms with Gasteiger partial charge >= 0.3 is 0 Å². The second kappa shape index (κ2) is 10.3. The molecule has 0 aliphatic carbocycles. The molecule has 2 aromatic heterocycles. The van der Waals surface area contributed by atoms with E-state index in [4.69, 9.17) is 21.1 Å².